The largest absolute Gasteiger partial charge is 0.493 e. The molecular weight excluding hydrogens is 264 g/mol. The van der Waals surface area contributed by atoms with Crippen molar-refractivity contribution in [1.82, 2.24) is 9.80 Å². The lowest BCUT2D eigenvalue weighted by Crippen LogP contribution is -2.47. The molecule has 0 N–H and O–H groups in total. The number of likely N-dealkylation sites (N-methyl/N-ethyl adjacent to an activating group) is 1. The van der Waals surface area contributed by atoms with Gasteiger partial charge in [0.05, 0.1) is 12.2 Å². The summed E-state index contributed by atoms with van der Waals surface area (Å²) in [5, 5.41) is 0.582. The van der Waals surface area contributed by atoms with Gasteiger partial charge in [0.2, 0.25) is 0 Å². The zero-order valence-corrected chi connectivity index (χ0v) is 12.1. The van der Waals surface area contributed by atoms with Gasteiger partial charge in [-0.15, -0.1) is 0 Å². The summed E-state index contributed by atoms with van der Waals surface area (Å²) in [6.45, 7) is 5.73. The van der Waals surface area contributed by atoms with E-state index < -0.39 is 0 Å². The van der Waals surface area contributed by atoms with E-state index in [4.69, 9.17) is 16.3 Å². The molecule has 0 aromatic heterocycles. The number of hydrogen-bond donors (Lipinski definition) is 0. The number of piperazine rings is 1. The first-order valence-corrected chi connectivity index (χ1v) is 6.89. The van der Waals surface area contributed by atoms with Crippen LogP contribution in [0, 0.1) is 0 Å². The van der Waals surface area contributed by atoms with Gasteiger partial charge in [-0.3, -0.25) is 4.79 Å². The quantitative estimate of drug-likeness (QED) is 0.851. The summed E-state index contributed by atoms with van der Waals surface area (Å²) in [5.41, 5.74) is 0.593. The minimum atomic E-state index is 0.0215. The standard InChI is InChI=1S/C14H19ClN2O2/c1-3-19-13-10-11(15)4-5-12(13)14(18)17-8-6-16(2)7-9-17/h4-5,10H,3,6-9H2,1-2H3. The predicted octanol–water partition coefficient (Wildman–Crippen LogP) is 2.13. The molecule has 1 aromatic carbocycles. The van der Waals surface area contributed by atoms with Gasteiger partial charge in [-0.1, -0.05) is 11.6 Å². The van der Waals surface area contributed by atoms with Crippen molar-refractivity contribution in [1.29, 1.82) is 0 Å². The average Bonchev–Trinajstić information content (AvgIpc) is 2.39. The van der Waals surface area contributed by atoms with E-state index in [0.29, 0.717) is 22.9 Å². The summed E-state index contributed by atoms with van der Waals surface area (Å²) in [4.78, 5) is 16.6. The van der Waals surface area contributed by atoms with Crippen LogP contribution in [0.3, 0.4) is 0 Å². The molecule has 1 amide bonds. The number of carbonyl (C=O) groups is 1. The number of rotatable bonds is 3. The average molecular weight is 283 g/mol. The van der Waals surface area contributed by atoms with Gasteiger partial charge in [-0.25, -0.2) is 0 Å². The number of hydrogen-bond acceptors (Lipinski definition) is 3. The molecule has 4 nitrogen and oxygen atoms in total. The van der Waals surface area contributed by atoms with Gasteiger partial charge in [0.15, 0.2) is 0 Å². The number of halogens is 1. The Hall–Kier alpha value is -1.26. The van der Waals surface area contributed by atoms with Crippen molar-refractivity contribution in [2.45, 2.75) is 6.92 Å². The van der Waals surface area contributed by atoms with E-state index >= 15 is 0 Å². The number of amides is 1. The maximum Gasteiger partial charge on any atom is 0.257 e. The summed E-state index contributed by atoms with van der Waals surface area (Å²) >= 11 is 5.95. The SMILES string of the molecule is CCOc1cc(Cl)ccc1C(=O)N1CCN(C)CC1. The van der Waals surface area contributed by atoms with Gasteiger partial charge in [-0.2, -0.15) is 0 Å². The maximum absolute atomic E-state index is 12.5. The summed E-state index contributed by atoms with van der Waals surface area (Å²) in [5.74, 6) is 0.590. The van der Waals surface area contributed by atoms with Gasteiger partial charge in [0, 0.05) is 31.2 Å². The lowest BCUT2D eigenvalue weighted by atomic mass is 10.1. The lowest BCUT2D eigenvalue weighted by molar-refractivity contribution is 0.0660. The van der Waals surface area contributed by atoms with Crippen LogP contribution in [0.4, 0.5) is 0 Å². The molecule has 0 saturated carbocycles. The molecule has 5 heteroatoms. The van der Waals surface area contributed by atoms with Gasteiger partial charge in [0.1, 0.15) is 5.75 Å². The Bertz CT molecular complexity index is 457. The zero-order chi connectivity index (χ0) is 13.8. The number of benzene rings is 1. The van der Waals surface area contributed by atoms with Crippen molar-refractivity contribution in [2.75, 3.05) is 39.8 Å². The fourth-order valence-corrected chi connectivity index (χ4v) is 2.29. The van der Waals surface area contributed by atoms with Crippen LogP contribution in [0.2, 0.25) is 5.02 Å². The molecule has 0 spiro atoms. The fraction of sp³-hybridized carbons (Fsp3) is 0.500. The van der Waals surface area contributed by atoms with Crippen LogP contribution in [-0.4, -0.2) is 55.5 Å². The zero-order valence-electron chi connectivity index (χ0n) is 11.4. The van der Waals surface area contributed by atoms with Crippen LogP contribution in [0.15, 0.2) is 18.2 Å². The highest BCUT2D eigenvalue weighted by atomic mass is 35.5. The minimum absolute atomic E-state index is 0.0215. The van der Waals surface area contributed by atoms with E-state index in [9.17, 15) is 4.79 Å². The normalized spacial score (nSPS) is 16.5. The second-order valence-corrected chi connectivity index (χ2v) is 5.11. The Morgan fingerprint density at radius 1 is 1.32 bits per heavy atom. The van der Waals surface area contributed by atoms with E-state index in [2.05, 4.69) is 11.9 Å². The minimum Gasteiger partial charge on any atom is -0.493 e. The van der Waals surface area contributed by atoms with E-state index in [1.54, 1.807) is 18.2 Å². The number of nitrogens with zero attached hydrogens (tertiary/aromatic N) is 2. The summed E-state index contributed by atoms with van der Waals surface area (Å²) in [6.07, 6.45) is 0. The molecule has 0 atom stereocenters. The third-order valence-corrected chi connectivity index (χ3v) is 3.50. The maximum atomic E-state index is 12.5. The molecule has 0 radical (unpaired) electrons. The third kappa shape index (κ3) is 3.39. The Labute approximate surface area is 118 Å². The van der Waals surface area contributed by atoms with Crippen LogP contribution >= 0.6 is 11.6 Å². The van der Waals surface area contributed by atoms with Crippen LogP contribution in [0.5, 0.6) is 5.75 Å². The van der Waals surface area contributed by atoms with Crippen LogP contribution < -0.4 is 4.74 Å². The smallest absolute Gasteiger partial charge is 0.257 e. The molecule has 1 aliphatic heterocycles. The molecule has 0 aliphatic carbocycles. The molecule has 0 bridgehead atoms. The first-order valence-electron chi connectivity index (χ1n) is 6.52. The molecule has 1 aliphatic rings. The molecule has 19 heavy (non-hydrogen) atoms. The summed E-state index contributed by atoms with van der Waals surface area (Å²) in [6, 6.07) is 5.18. The second kappa shape index (κ2) is 6.26. The molecule has 2 rings (SSSR count). The van der Waals surface area contributed by atoms with E-state index in [-0.39, 0.29) is 5.91 Å². The van der Waals surface area contributed by atoms with Gasteiger partial charge in [-0.05, 0) is 32.2 Å². The van der Waals surface area contributed by atoms with E-state index in [1.807, 2.05) is 11.8 Å². The predicted molar refractivity (Wildman–Crippen MR) is 76.0 cm³/mol. The first-order chi connectivity index (χ1) is 9.11. The van der Waals surface area contributed by atoms with Crippen molar-refractivity contribution in [3.63, 3.8) is 0 Å². The molecular formula is C14H19ClN2O2. The van der Waals surface area contributed by atoms with Crippen LogP contribution in [-0.2, 0) is 0 Å². The van der Waals surface area contributed by atoms with Crippen molar-refractivity contribution in [3.05, 3.63) is 28.8 Å². The molecule has 1 aromatic rings. The van der Waals surface area contributed by atoms with Gasteiger partial charge < -0.3 is 14.5 Å². The Morgan fingerprint density at radius 3 is 2.63 bits per heavy atom. The van der Waals surface area contributed by atoms with E-state index in [0.717, 1.165) is 26.2 Å². The molecule has 104 valence electrons. The second-order valence-electron chi connectivity index (χ2n) is 4.67. The van der Waals surface area contributed by atoms with Crippen LogP contribution in [0.1, 0.15) is 17.3 Å². The van der Waals surface area contributed by atoms with Crippen molar-refractivity contribution in [3.8, 4) is 5.75 Å². The van der Waals surface area contributed by atoms with E-state index in [1.165, 1.54) is 0 Å². The number of carbonyl (C=O) groups excluding carboxylic acids is 1. The number of ether oxygens (including phenoxy) is 1. The van der Waals surface area contributed by atoms with Gasteiger partial charge >= 0.3 is 0 Å². The highest BCUT2D eigenvalue weighted by molar-refractivity contribution is 6.30. The molecule has 1 fully saturated rings. The first kappa shape index (κ1) is 14.2. The fourth-order valence-electron chi connectivity index (χ4n) is 2.13. The highest BCUT2D eigenvalue weighted by Crippen LogP contribution is 2.25. The van der Waals surface area contributed by atoms with Crippen molar-refractivity contribution >= 4 is 17.5 Å². The monoisotopic (exact) mass is 282 g/mol. The molecule has 1 saturated heterocycles. The van der Waals surface area contributed by atoms with Gasteiger partial charge in [0.25, 0.3) is 5.91 Å². The Morgan fingerprint density at radius 2 is 2.00 bits per heavy atom. The summed E-state index contributed by atoms with van der Waals surface area (Å²) in [7, 11) is 2.07. The summed E-state index contributed by atoms with van der Waals surface area (Å²) < 4.78 is 5.51. The lowest BCUT2D eigenvalue weighted by Gasteiger charge is -2.32. The Balaban J connectivity index is 2.18. The van der Waals surface area contributed by atoms with Crippen LogP contribution in [0.25, 0.3) is 0 Å². The molecule has 0 unspecified atom stereocenters. The van der Waals surface area contributed by atoms with Crippen molar-refractivity contribution in [2.24, 2.45) is 0 Å². The highest BCUT2D eigenvalue weighted by Gasteiger charge is 2.23. The molecule has 1 heterocycles. The third-order valence-electron chi connectivity index (χ3n) is 3.26. The van der Waals surface area contributed by atoms with Crippen molar-refractivity contribution < 1.29 is 9.53 Å². The topological polar surface area (TPSA) is 32.8 Å². The Kier molecular flexibility index (Phi) is 4.66.